The second kappa shape index (κ2) is 7.02. The Hall–Kier alpha value is -1.71. The minimum Gasteiger partial charge on any atom is -0.496 e. The molecule has 1 aromatic rings. The summed E-state index contributed by atoms with van der Waals surface area (Å²) in [6, 6.07) is 8.74. The van der Waals surface area contributed by atoms with E-state index in [1.165, 1.54) is 18.4 Å². The van der Waals surface area contributed by atoms with Crippen molar-refractivity contribution in [2.24, 2.45) is 4.99 Å². The molecule has 0 aromatic heterocycles. The van der Waals surface area contributed by atoms with E-state index in [0.717, 1.165) is 31.2 Å². The van der Waals surface area contributed by atoms with Gasteiger partial charge in [0.2, 0.25) is 0 Å². The summed E-state index contributed by atoms with van der Waals surface area (Å²) in [4.78, 5) is 4.60. The number of ether oxygens (including phenoxy) is 1. The molecule has 2 rings (SSSR count). The van der Waals surface area contributed by atoms with Crippen LogP contribution in [0.2, 0.25) is 0 Å². The average Bonchev–Trinajstić information content (AvgIpc) is 3.23. The topological polar surface area (TPSA) is 45.7 Å². The number of para-hydroxylation sites is 1. The van der Waals surface area contributed by atoms with Gasteiger partial charge in [-0.15, -0.1) is 0 Å². The smallest absolute Gasteiger partial charge is 0.191 e. The third-order valence-electron chi connectivity index (χ3n) is 3.11. The number of benzene rings is 1. The Kier molecular flexibility index (Phi) is 5.07. The van der Waals surface area contributed by atoms with Crippen molar-refractivity contribution in [2.45, 2.75) is 32.2 Å². The van der Waals surface area contributed by atoms with Crippen molar-refractivity contribution >= 4 is 5.96 Å². The normalized spacial score (nSPS) is 15.2. The lowest BCUT2D eigenvalue weighted by molar-refractivity contribution is 0.410. The maximum Gasteiger partial charge on any atom is 0.191 e. The number of hydrogen-bond acceptors (Lipinski definition) is 2. The third-order valence-corrected chi connectivity index (χ3v) is 3.11. The first-order valence-corrected chi connectivity index (χ1v) is 7.00. The number of nitrogens with zero attached hydrogens (tertiary/aromatic N) is 1. The highest BCUT2D eigenvalue weighted by Crippen LogP contribution is 2.19. The summed E-state index contributed by atoms with van der Waals surface area (Å²) in [5.74, 6) is 1.87. The summed E-state index contributed by atoms with van der Waals surface area (Å²) >= 11 is 0. The molecule has 104 valence electrons. The molecule has 2 N–H and O–H groups in total. The van der Waals surface area contributed by atoms with E-state index < -0.39 is 0 Å². The zero-order chi connectivity index (χ0) is 13.5. The Balaban J connectivity index is 1.88. The van der Waals surface area contributed by atoms with Gasteiger partial charge in [0, 0.05) is 19.1 Å². The van der Waals surface area contributed by atoms with Crippen molar-refractivity contribution in [1.82, 2.24) is 10.6 Å². The number of aliphatic imine (C=N–C) groups is 1. The Labute approximate surface area is 115 Å². The van der Waals surface area contributed by atoms with Crippen molar-refractivity contribution in [3.05, 3.63) is 29.8 Å². The van der Waals surface area contributed by atoms with Crippen LogP contribution in [0.25, 0.3) is 0 Å². The van der Waals surface area contributed by atoms with Crippen molar-refractivity contribution in [2.75, 3.05) is 20.2 Å². The molecule has 1 aromatic carbocycles. The largest absolute Gasteiger partial charge is 0.496 e. The van der Waals surface area contributed by atoms with Crippen LogP contribution in [0, 0.1) is 0 Å². The highest BCUT2D eigenvalue weighted by Gasteiger charge is 2.21. The van der Waals surface area contributed by atoms with Gasteiger partial charge in [-0.25, -0.2) is 0 Å². The van der Waals surface area contributed by atoms with E-state index in [0.29, 0.717) is 6.04 Å². The Morgan fingerprint density at radius 1 is 1.37 bits per heavy atom. The summed E-state index contributed by atoms with van der Waals surface area (Å²) in [6.45, 7) is 3.75. The minimum atomic E-state index is 0.629. The van der Waals surface area contributed by atoms with E-state index in [1.54, 1.807) is 7.11 Å². The first-order chi connectivity index (χ1) is 9.33. The van der Waals surface area contributed by atoms with E-state index in [1.807, 2.05) is 18.2 Å². The summed E-state index contributed by atoms with van der Waals surface area (Å²) in [7, 11) is 1.71. The number of methoxy groups -OCH3 is 1. The molecule has 0 unspecified atom stereocenters. The first kappa shape index (κ1) is 13.7. The fourth-order valence-electron chi connectivity index (χ4n) is 1.94. The third kappa shape index (κ3) is 4.47. The van der Waals surface area contributed by atoms with Crippen molar-refractivity contribution in [3.8, 4) is 5.75 Å². The van der Waals surface area contributed by atoms with Crippen LogP contribution >= 0.6 is 0 Å². The molecule has 0 amide bonds. The number of guanidine groups is 1. The van der Waals surface area contributed by atoms with Crippen molar-refractivity contribution < 1.29 is 4.74 Å². The second-order valence-corrected chi connectivity index (χ2v) is 4.74. The number of nitrogens with one attached hydrogen (secondary N) is 2. The second-order valence-electron chi connectivity index (χ2n) is 4.74. The summed E-state index contributed by atoms with van der Waals surface area (Å²) in [5.41, 5.74) is 1.20. The van der Waals surface area contributed by atoms with Gasteiger partial charge in [0.15, 0.2) is 5.96 Å². The molecule has 1 aliphatic rings. The van der Waals surface area contributed by atoms with Gasteiger partial charge in [0.1, 0.15) is 5.75 Å². The van der Waals surface area contributed by atoms with Crippen LogP contribution in [-0.2, 0) is 6.42 Å². The standard InChI is InChI=1S/C15H23N3O/c1-3-16-15(18-13-8-9-13)17-11-10-12-6-4-5-7-14(12)19-2/h4-7,13H,3,8-11H2,1-2H3,(H2,16,17,18). The minimum absolute atomic E-state index is 0.629. The predicted molar refractivity (Wildman–Crippen MR) is 78.8 cm³/mol. The van der Waals surface area contributed by atoms with Crippen LogP contribution in [0.3, 0.4) is 0 Å². The van der Waals surface area contributed by atoms with E-state index in [2.05, 4.69) is 28.6 Å². The molecule has 1 saturated carbocycles. The molecule has 19 heavy (non-hydrogen) atoms. The van der Waals surface area contributed by atoms with Gasteiger partial charge >= 0.3 is 0 Å². The van der Waals surface area contributed by atoms with Crippen molar-refractivity contribution in [3.63, 3.8) is 0 Å². The van der Waals surface area contributed by atoms with E-state index in [4.69, 9.17) is 4.74 Å². The summed E-state index contributed by atoms with van der Waals surface area (Å²) < 4.78 is 5.35. The molecule has 1 aliphatic carbocycles. The molecule has 0 bridgehead atoms. The highest BCUT2D eigenvalue weighted by molar-refractivity contribution is 5.80. The highest BCUT2D eigenvalue weighted by atomic mass is 16.5. The molecular formula is C15H23N3O. The number of rotatable bonds is 6. The fraction of sp³-hybridized carbons (Fsp3) is 0.533. The summed E-state index contributed by atoms with van der Waals surface area (Å²) in [5, 5.41) is 6.69. The zero-order valence-corrected chi connectivity index (χ0v) is 11.8. The molecule has 0 aliphatic heterocycles. The van der Waals surface area contributed by atoms with Gasteiger partial charge in [-0.2, -0.15) is 0 Å². The molecule has 0 heterocycles. The van der Waals surface area contributed by atoms with Gasteiger partial charge in [-0.1, -0.05) is 18.2 Å². The molecular weight excluding hydrogens is 238 g/mol. The molecule has 4 nitrogen and oxygen atoms in total. The molecule has 0 radical (unpaired) electrons. The zero-order valence-electron chi connectivity index (χ0n) is 11.8. The van der Waals surface area contributed by atoms with E-state index >= 15 is 0 Å². The van der Waals surface area contributed by atoms with Gasteiger partial charge in [0.05, 0.1) is 7.11 Å². The quantitative estimate of drug-likeness (QED) is 0.608. The van der Waals surface area contributed by atoms with E-state index in [9.17, 15) is 0 Å². The van der Waals surface area contributed by atoms with Gasteiger partial charge in [-0.3, -0.25) is 4.99 Å². The lowest BCUT2D eigenvalue weighted by Crippen LogP contribution is -2.38. The van der Waals surface area contributed by atoms with Crippen LogP contribution in [0.5, 0.6) is 5.75 Å². The average molecular weight is 261 g/mol. The fourth-order valence-corrected chi connectivity index (χ4v) is 1.94. The SMILES string of the molecule is CCNC(=NCCc1ccccc1OC)NC1CC1. The maximum atomic E-state index is 5.35. The van der Waals surface area contributed by atoms with Crippen LogP contribution < -0.4 is 15.4 Å². The van der Waals surface area contributed by atoms with Gasteiger partial charge in [0.25, 0.3) is 0 Å². The van der Waals surface area contributed by atoms with Gasteiger partial charge < -0.3 is 15.4 Å². The number of hydrogen-bond donors (Lipinski definition) is 2. The van der Waals surface area contributed by atoms with Crippen LogP contribution in [-0.4, -0.2) is 32.2 Å². The monoisotopic (exact) mass is 261 g/mol. The lowest BCUT2D eigenvalue weighted by Gasteiger charge is -2.11. The molecule has 1 fully saturated rings. The van der Waals surface area contributed by atoms with Crippen molar-refractivity contribution in [1.29, 1.82) is 0 Å². The maximum absolute atomic E-state index is 5.35. The lowest BCUT2D eigenvalue weighted by atomic mass is 10.1. The molecule has 0 atom stereocenters. The molecule has 0 spiro atoms. The van der Waals surface area contributed by atoms with Crippen LogP contribution in [0.15, 0.2) is 29.3 Å². The summed E-state index contributed by atoms with van der Waals surface area (Å²) in [6.07, 6.45) is 3.42. The Morgan fingerprint density at radius 3 is 2.84 bits per heavy atom. The first-order valence-electron chi connectivity index (χ1n) is 7.00. The predicted octanol–water partition coefficient (Wildman–Crippen LogP) is 1.96. The Bertz CT molecular complexity index is 427. The van der Waals surface area contributed by atoms with Crippen LogP contribution in [0.1, 0.15) is 25.3 Å². The Morgan fingerprint density at radius 2 is 2.16 bits per heavy atom. The van der Waals surface area contributed by atoms with Gasteiger partial charge in [-0.05, 0) is 37.8 Å². The van der Waals surface area contributed by atoms with E-state index in [-0.39, 0.29) is 0 Å². The molecule has 0 saturated heterocycles. The van der Waals surface area contributed by atoms with Crippen LogP contribution in [0.4, 0.5) is 0 Å². The molecule has 4 heteroatoms.